The second kappa shape index (κ2) is 5.50. The van der Waals surface area contributed by atoms with E-state index >= 15 is 0 Å². The summed E-state index contributed by atoms with van der Waals surface area (Å²) >= 11 is 1.20. The number of hydrogen-bond donors (Lipinski definition) is 2. The van der Waals surface area contributed by atoms with E-state index < -0.39 is 5.63 Å². The molecule has 0 bridgehead atoms. The zero-order chi connectivity index (χ0) is 14.0. The fourth-order valence-corrected chi connectivity index (χ4v) is 2.84. The highest BCUT2D eigenvalue weighted by molar-refractivity contribution is 7.20. The summed E-state index contributed by atoms with van der Waals surface area (Å²) in [6.07, 6.45) is 0.539. The number of nitrogens with one attached hydrogen (secondary N) is 1. The van der Waals surface area contributed by atoms with Crippen LogP contribution in [-0.2, 0) is 6.42 Å². The average Bonchev–Trinajstić information content (AvgIpc) is 2.73. The van der Waals surface area contributed by atoms with Gasteiger partial charge in [0.25, 0.3) is 5.91 Å². The van der Waals surface area contributed by atoms with Crippen molar-refractivity contribution in [3.8, 4) is 0 Å². The Bertz CT molecular complexity index is 675. The Hall–Kier alpha value is -1.73. The first kappa shape index (κ1) is 13.7. The lowest BCUT2D eigenvalue weighted by atomic mass is 10.2. The lowest BCUT2D eigenvalue weighted by molar-refractivity contribution is 0.0958. The van der Waals surface area contributed by atoms with Crippen LogP contribution in [0.1, 0.15) is 28.0 Å². The standard InChI is InChI=1S/C12H15N3O3S/c1-3-7-15-11-8(12(17)18-7)6(2)9(19-11)10(16)14-5-4-13/h3-5,13H2,1-2H3,(H,14,16). The van der Waals surface area contributed by atoms with E-state index in [0.29, 0.717) is 46.1 Å². The summed E-state index contributed by atoms with van der Waals surface area (Å²) in [6, 6.07) is 0. The molecule has 0 saturated heterocycles. The summed E-state index contributed by atoms with van der Waals surface area (Å²) in [5, 5.41) is 3.07. The van der Waals surface area contributed by atoms with Crippen LogP contribution in [0.15, 0.2) is 9.21 Å². The van der Waals surface area contributed by atoms with Crippen molar-refractivity contribution in [1.29, 1.82) is 0 Å². The average molecular weight is 281 g/mol. The summed E-state index contributed by atoms with van der Waals surface area (Å²) in [4.78, 5) is 29.1. The van der Waals surface area contributed by atoms with Gasteiger partial charge in [0.15, 0.2) is 5.89 Å². The van der Waals surface area contributed by atoms with Gasteiger partial charge in [0, 0.05) is 19.5 Å². The van der Waals surface area contributed by atoms with E-state index in [2.05, 4.69) is 10.3 Å². The molecule has 7 heteroatoms. The van der Waals surface area contributed by atoms with Crippen LogP contribution in [-0.4, -0.2) is 24.0 Å². The first-order valence-electron chi connectivity index (χ1n) is 5.99. The van der Waals surface area contributed by atoms with Crippen LogP contribution in [0.25, 0.3) is 10.2 Å². The molecule has 1 amide bonds. The van der Waals surface area contributed by atoms with E-state index in [1.165, 1.54) is 11.3 Å². The molecular weight excluding hydrogens is 266 g/mol. The Morgan fingerprint density at radius 2 is 2.26 bits per heavy atom. The molecule has 19 heavy (non-hydrogen) atoms. The van der Waals surface area contributed by atoms with Crippen molar-refractivity contribution in [2.24, 2.45) is 5.73 Å². The second-order valence-electron chi connectivity index (χ2n) is 4.03. The molecule has 6 nitrogen and oxygen atoms in total. The summed E-state index contributed by atoms with van der Waals surface area (Å²) in [5.41, 5.74) is 5.51. The first-order chi connectivity index (χ1) is 9.08. The predicted octanol–water partition coefficient (Wildman–Crippen LogP) is 0.809. The molecule has 0 spiro atoms. The second-order valence-corrected chi connectivity index (χ2v) is 5.03. The summed E-state index contributed by atoms with van der Waals surface area (Å²) in [7, 11) is 0. The molecule has 2 aromatic rings. The quantitative estimate of drug-likeness (QED) is 0.864. The number of aryl methyl sites for hydroxylation is 2. The Kier molecular flexibility index (Phi) is 3.96. The summed E-state index contributed by atoms with van der Waals surface area (Å²) < 4.78 is 5.08. The van der Waals surface area contributed by atoms with Crippen molar-refractivity contribution in [2.45, 2.75) is 20.3 Å². The topological polar surface area (TPSA) is 98.2 Å². The lowest BCUT2D eigenvalue weighted by Gasteiger charge is -2.01. The Morgan fingerprint density at radius 3 is 2.89 bits per heavy atom. The molecule has 0 unspecified atom stereocenters. The highest BCUT2D eigenvalue weighted by Crippen LogP contribution is 2.27. The van der Waals surface area contributed by atoms with Gasteiger partial charge >= 0.3 is 5.63 Å². The van der Waals surface area contributed by atoms with E-state index in [9.17, 15) is 9.59 Å². The zero-order valence-electron chi connectivity index (χ0n) is 10.8. The number of aromatic nitrogens is 1. The molecule has 0 saturated carbocycles. The molecule has 102 valence electrons. The Morgan fingerprint density at radius 1 is 1.53 bits per heavy atom. The van der Waals surface area contributed by atoms with Gasteiger partial charge in [0.1, 0.15) is 10.2 Å². The minimum Gasteiger partial charge on any atom is -0.408 e. The maximum absolute atomic E-state index is 11.9. The smallest absolute Gasteiger partial charge is 0.348 e. The Balaban J connectivity index is 2.53. The van der Waals surface area contributed by atoms with Crippen LogP contribution in [0.5, 0.6) is 0 Å². The molecular formula is C12H15N3O3S. The van der Waals surface area contributed by atoms with Crippen LogP contribution >= 0.6 is 11.3 Å². The molecule has 0 aliphatic carbocycles. The first-order valence-corrected chi connectivity index (χ1v) is 6.81. The number of carbonyl (C=O) groups excluding carboxylic acids is 1. The number of fused-ring (bicyclic) bond motifs is 1. The molecule has 3 N–H and O–H groups in total. The van der Waals surface area contributed by atoms with E-state index in [1.807, 2.05) is 6.92 Å². The van der Waals surface area contributed by atoms with Crippen molar-refractivity contribution >= 4 is 27.5 Å². The van der Waals surface area contributed by atoms with Crippen molar-refractivity contribution in [2.75, 3.05) is 13.1 Å². The number of nitrogens with zero attached hydrogens (tertiary/aromatic N) is 1. The highest BCUT2D eigenvalue weighted by atomic mass is 32.1. The van der Waals surface area contributed by atoms with Gasteiger partial charge in [0.2, 0.25) is 0 Å². The van der Waals surface area contributed by atoms with E-state index in [1.54, 1.807) is 6.92 Å². The number of rotatable bonds is 4. The third-order valence-electron chi connectivity index (χ3n) is 2.71. The van der Waals surface area contributed by atoms with E-state index in [4.69, 9.17) is 10.2 Å². The third-order valence-corrected chi connectivity index (χ3v) is 3.89. The van der Waals surface area contributed by atoms with Crippen LogP contribution in [0.4, 0.5) is 0 Å². The molecule has 0 radical (unpaired) electrons. The van der Waals surface area contributed by atoms with Crippen LogP contribution in [0.3, 0.4) is 0 Å². The maximum Gasteiger partial charge on any atom is 0.348 e. The van der Waals surface area contributed by atoms with Gasteiger partial charge in [-0.2, -0.15) is 0 Å². The van der Waals surface area contributed by atoms with Gasteiger partial charge in [-0.15, -0.1) is 11.3 Å². The number of nitrogens with two attached hydrogens (primary N) is 1. The number of hydrogen-bond acceptors (Lipinski definition) is 6. The number of carbonyl (C=O) groups is 1. The zero-order valence-corrected chi connectivity index (χ0v) is 11.6. The normalized spacial score (nSPS) is 10.9. The monoisotopic (exact) mass is 281 g/mol. The SMILES string of the molecule is CCc1nc2sc(C(=O)NCCN)c(C)c2c(=O)o1. The van der Waals surface area contributed by atoms with E-state index in [-0.39, 0.29) is 5.91 Å². The van der Waals surface area contributed by atoms with Crippen molar-refractivity contribution in [3.05, 3.63) is 26.8 Å². The maximum atomic E-state index is 11.9. The molecule has 2 rings (SSSR count). The van der Waals surface area contributed by atoms with Gasteiger partial charge in [0.05, 0.1) is 4.88 Å². The molecule has 0 aliphatic rings. The Labute approximate surface area is 113 Å². The molecule has 0 fully saturated rings. The van der Waals surface area contributed by atoms with Gasteiger partial charge in [-0.05, 0) is 12.5 Å². The van der Waals surface area contributed by atoms with E-state index in [0.717, 1.165) is 0 Å². The minimum absolute atomic E-state index is 0.233. The van der Waals surface area contributed by atoms with Crippen molar-refractivity contribution < 1.29 is 9.21 Å². The minimum atomic E-state index is -0.437. The summed E-state index contributed by atoms with van der Waals surface area (Å²) in [5.74, 6) is 0.149. The summed E-state index contributed by atoms with van der Waals surface area (Å²) in [6.45, 7) is 4.34. The fourth-order valence-electron chi connectivity index (χ4n) is 1.75. The largest absolute Gasteiger partial charge is 0.408 e. The number of thiophene rings is 1. The third kappa shape index (κ3) is 2.52. The molecule has 2 aromatic heterocycles. The highest BCUT2D eigenvalue weighted by Gasteiger charge is 2.19. The molecule has 2 heterocycles. The van der Waals surface area contributed by atoms with Gasteiger partial charge in [-0.25, -0.2) is 9.78 Å². The van der Waals surface area contributed by atoms with Crippen LogP contribution in [0.2, 0.25) is 0 Å². The lowest BCUT2D eigenvalue weighted by Crippen LogP contribution is -2.28. The van der Waals surface area contributed by atoms with Gasteiger partial charge in [-0.1, -0.05) is 6.92 Å². The molecule has 0 atom stereocenters. The molecule has 0 aromatic carbocycles. The van der Waals surface area contributed by atoms with Crippen molar-refractivity contribution in [3.63, 3.8) is 0 Å². The van der Waals surface area contributed by atoms with Crippen molar-refractivity contribution in [1.82, 2.24) is 10.3 Å². The molecule has 0 aliphatic heterocycles. The predicted molar refractivity (Wildman–Crippen MR) is 73.7 cm³/mol. The van der Waals surface area contributed by atoms with Crippen LogP contribution in [0, 0.1) is 6.92 Å². The van der Waals surface area contributed by atoms with Crippen LogP contribution < -0.4 is 16.7 Å². The fraction of sp³-hybridized carbons (Fsp3) is 0.417. The van der Waals surface area contributed by atoms with Gasteiger partial charge in [-0.3, -0.25) is 4.79 Å². The van der Waals surface area contributed by atoms with Gasteiger partial charge < -0.3 is 15.5 Å². The number of amides is 1.